The molecular formula is C12H14N5OS. The van der Waals surface area contributed by atoms with Gasteiger partial charge in [-0.2, -0.15) is 10.2 Å². The Morgan fingerprint density at radius 2 is 2.26 bits per heavy atom. The Morgan fingerprint density at radius 3 is 3.00 bits per heavy atom. The van der Waals surface area contributed by atoms with Crippen LogP contribution >= 0.6 is 11.1 Å². The molecule has 0 bridgehead atoms. The van der Waals surface area contributed by atoms with Crippen molar-refractivity contribution in [1.29, 1.82) is 0 Å². The van der Waals surface area contributed by atoms with E-state index in [0.717, 1.165) is 5.56 Å². The highest BCUT2D eigenvalue weighted by Gasteiger charge is 2.12. The highest BCUT2D eigenvalue weighted by Crippen LogP contribution is 2.34. The summed E-state index contributed by atoms with van der Waals surface area (Å²) in [6, 6.07) is 0. The van der Waals surface area contributed by atoms with Crippen LogP contribution < -0.4 is 0 Å². The quantitative estimate of drug-likeness (QED) is 0.723. The number of thiol groups is 1. The first-order valence-corrected chi connectivity index (χ1v) is 7.31. The molecule has 2 aromatic heterocycles. The number of rotatable bonds is 5. The Balaban J connectivity index is 1.58. The zero-order valence-corrected chi connectivity index (χ0v) is 11.0. The SMILES string of the molecule is OC(C[CH]c1cnn([SH]2C=CC=C2)c1)c1nc[nH]n1. The topological polar surface area (TPSA) is 79.6 Å². The Morgan fingerprint density at radius 1 is 1.42 bits per heavy atom. The molecule has 0 aromatic carbocycles. The van der Waals surface area contributed by atoms with E-state index in [9.17, 15) is 5.11 Å². The van der Waals surface area contributed by atoms with E-state index in [-0.39, 0.29) is 0 Å². The van der Waals surface area contributed by atoms with E-state index in [1.807, 2.05) is 28.9 Å². The third-order valence-electron chi connectivity index (χ3n) is 2.72. The van der Waals surface area contributed by atoms with Crippen LogP contribution in [0.2, 0.25) is 0 Å². The fourth-order valence-electron chi connectivity index (χ4n) is 1.75. The van der Waals surface area contributed by atoms with Gasteiger partial charge in [0, 0.05) is 6.20 Å². The molecule has 6 nitrogen and oxygen atoms in total. The van der Waals surface area contributed by atoms with Gasteiger partial charge in [0.1, 0.15) is 12.4 Å². The van der Waals surface area contributed by atoms with Gasteiger partial charge in [0.25, 0.3) is 0 Å². The van der Waals surface area contributed by atoms with E-state index in [0.29, 0.717) is 12.2 Å². The molecule has 7 heteroatoms. The van der Waals surface area contributed by atoms with Crippen LogP contribution in [-0.4, -0.2) is 29.5 Å². The molecule has 1 atom stereocenters. The van der Waals surface area contributed by atoms with Crippen LogP contribution in [0.15, 0.2) is 41.7 Å². The average molecular weight is 276 g/mol. The molecule has 1 radical (unpaired) electrons. The normalized spacial score (nSPS) is 17.2. The van der Waals surface area contributed by atoms with Gasteiger partial charge in [-0.25, -0.2) is 9.07 Å². The van der Waals surface area contributed by atoms with E-state index >= 15 is 0 Å². The molecule has 3 heterocycles. The second-order valence-corrected chi connectivity index (χ2v) is 5.84. The van der Waals surface area contributed by atoms with E-state index in [2.05, 4.69) is 31.1 Å². The molecule has 1 unspecified atom stereocenters. The number of aliphatic hydroxyl groups is 1. The van der Waals surface area contributed by atoms with Crippen molar-refractivity contribution in [3.8, 4) is 0 Å². The Kier molecular flexibility index (Phi) is 3.47. The first-order chi connectivity index (χ1) is 9.33. The molecule has 0 aliphatic carbocycles. The van der Waals surface area contributed by atoms with Gasteiger partial charge >= 0.3 is 0 Å². The number of allylic oxidation sites excluding steroid dienone is 2. The molecule has 2 N–H and O–H groups in total. The molecular weight excluding hydrogens is 262 g/mol. The van der Waals surface area contributed by atoms with Crippen molar-refractivity contribution < 1.29 is 5.11 Å². The van der Waals surface area contributed by atoms with Gasteiger partial charge in [-0.05, 0) is 29.2 Å². The van der Waals surface area contributed by atoms with Crippen molar-refractivity contribution in [3.63, 3.8) is 0 Å². The molecule has 3 rings (SSSR count). The minimum atomic E-state index is -0.688. The molecule has 1 aliphatic heterocycles. The van der Waals surface area contributed by atoms with Gasteiger partial charge in [0.2, 0.25) is 0 Å². The van der Waals surface area contributed by atoms with Crippen LogP contribution in [0.1, 0.15) is 23.9 Å². The number of aromatic nitrogens is 5. The summed E-state index contributed by atoms with van der Waals surface area (Å²) >= 11 is -0.449. The lowest BCUT2D eigenvalue weighted by molar-refractivity contribution is 0.168. The van der Waals surface area contributed by atoms with Crippen molar-refractivity contribution in [2.75, 3.05) is 0 Å². The van der Waals surface area contributed by atoms with Crippen LogP contribution in [0.4, 0.5) is 0 Å². The maximum absolute atomic E-state index is 9.87. The second-order valence-electron chi connectivity index (χ2n) is 4.07. The molecule has 0 amide bonds. The monoisotopic (exact) mass is 276 g/mol. The molecule has 19 heavy (non-hydrogen) atoms. The highest BCUT2D eigenvalue weighted by atomic mass is 32.2. The summed E-state index contributed by atoms with van der Waals surface area (Å²) in [6.07, 6.45) is 11.0. The Labute approximate surface area is 113 Å². The van der Waals surface area contributed by atoms with E-state index in [4.69, 9.17) is 0 Å². The van der Waals surface area contributed by atoms with Gasteiger partial charge in [-0.3, -0.25) is 5.10 Å². The van der Waals surface area contributed by atoms with E-state index < -0.39 is 17.2 Å². The summed E-state index contributed by atoms with van der Waals surface area (Å²) in [6.45, 7) is 0. The van der Waals surface area contributed by atoms with Crippen LogP contribution in [-0.2, 0) is 0 Å². The zero-order chi connectivity index (χ0) is 13.1. The minimum Gasteiger partial charge on any atom is -0.385 e. The van der Waals surface area contributed by atoms with Crippen molar-refractivity contribution >= 4 is 11.1 Å². The maximum atomic E-state index is 9.87. The van der Waals surface area contributed by atoms with E-state index in [1.54, 1.807) is 6.20 Å². The molecule has 99 valence electrons. The van der Waals surface area contributed by atoms with Crippen molar-refractivity contribution in [2.24, 2.45) is 0 Å². The van der Waals surface area contributed by atoms with Gasteiger partial charge in [0.05, 0.1) is 6.20 Å². The van der Waals surface area contributed by atoms with Gasteiger partial charge in [-0.15, -0.1) is 11.1 Å². The number of nitrogens with one attached hydrogen (secondary N) is 1. The standard InChI is InChI=1S/C12H14N5OS/c18-11(12-13-9-14-16-12)4-3-10-7-15-17(8-10)19-5-1-2-6-19/h1-3,5-9,11,18-19H,4H2,(H,13,14,16). The highest BCUT2D eigenvalue weighted by molar-refractivity contribution is 8.20. The number of H-pyrrole nitrogens is 1. The fraction of sp³-hybridized carbons (Fsp3) is 0.167. The lowest BCUT2D eigenvalue weighted by Crippen LogP contribution is -2.00. The van der Waals surface area contributed by atoms with Crippen molar-refractivity contribution in [1.82, 2.24) is 24.4 Å². The minimum absolute atomic E-state index is 0.412. The van der Waals surface area contributed by atoms with Gasteiger partial charge in [-0.1, -0.05) is 12.2 Å². The summed E-state index contributed by atoms with van der Waals surface area (Å²) < 4.78 is 1.94. The number of nitrogens with zero attached hydrogens (tertiary/aromatic N) is 4. The first-order valence-electron chi connectivity index (χ1n) is 5.88. The lowest BCUT2D eigenvalue weighted by atomic mass is 10.1. The number of aromatic amines is 1. The molecule has 2 aromatic rings. The largest absolute Gasteiger partial charge is 0.385 e. The van der Waals surface area contributed by atoms with Crippen LogP contribution in [0.5, 0.6) is 0 Å². The van der Waals surface area contributed by atoms with Crippen molar-refractivity contribution in [3.05, 3.63) is 59.5 Å². The molecule has 0 spiro atoms. The van der Waals surface area contributed by atoms with Crippen LogP contribution in [0.3, 0.4) is 0 Å². The number of hydrogen-bond donors (Lipinski definition) is 3. The zero-order valence-electron chi connectivity index (χ0n) is 10.1. The fourth-order valence-corrected chi connectivity index (χ4v) is 3.11. The Bertz CT molecular complexity index is 577. The first kappa shape index (κ1) is 12.2. The summed E-state index contributed by atoms with van der Waals surface area (Å²) in [5.74, 6) is 0.412. The Hall–Kier alpha value is -1.86. The molecule has 0 fully saturated rings. The number of hydrogen-bond acceptors (Lipinski definition) is 4. The third-order valence-corrected chi connectivity index (χ3v) is 4.37. The predicted molar refractivity (Wildman–Crippen MR) is 74.3 cm³/mol. The molecule has 1 aliphatic rings. The van der Waals surface area contributed by atoms with E-state index in [1.165, 1.54) is 6.33 Å². The predicted octanol–water partition coefficient (Wildman–Crippen LogP) is 1.48. The summed E-state index contributed by atoms with van der Waals surface area (Å²) in [5.41, 5.74) is 0.991. The van der Waals surface area contributed by atoms with Gasteiger partial charge in [0.15, 0.2) is 5.82 Å². The smallest absolute Gasteiger partial charge is 0.178 e. The average Bonchev–Trinajstić information content (AvgIpc) is 3.14. The van der Waals surface area contributed by atoms with Crippen LogP contribution in [0, 0.1) is 6.42 Å². The van der Waals surface area contributed by atoms with Gasteiger partial charge < -0.3 is 5.11 Å². The summed E-state index contributed by atoms with van der Waals surface area (Å²) in [4.78, 5) is 3.92. The lowest BCUT2D eigenvalue weighted by Gasteiger charge is -2.09. The summed E-state index contributed by atoms with van der Waals surface area (Å²) in [5, 5.41) is 24.9. The molecule has 0 saturated carbocycles. The van der Waals surface area contributed by atoms with Crippen LogP contribution in [0.25, 0.3) is 0 Å². The van der Waals surface area contributed by atoms with Crippen molar-refractivity contribution in [2.45, 2.75) is 12.5 Å². The second kappa shape index (κ2) is 5.41. The number of aliphatic hydroxyl groups excluding tert-OH is 1. The maximum Gasteiger partial charge on any atom is 0.178 e. The third kappa shape index (κ3) is 2.77. The summed E-state index contributed by atoms with van der Waals surface area (Å²) in [7, 11) is 0. The molecule has 0 saturated heterocycles.